The van der Waals surface area contributed by atoms with E-state index in [2.05, 4.69) is 15.9 Å². The number of carbonyl (C=O) groups is 3. The highest BCUT2D eigenvalue weighted by molar-refractivity contribution is 9.10. The summed E-state index contributed by atoms with van der Waals surface area (Å²) in [5.41, 5.74) is 0.612. The van der Waals surface area contributed by atoms with Crippen molar-refractivity contribution in [2.24, 2.45) is 0 Å². The highest BCUT2D eigenvalue weighted by Crippen LogP contribution is 2.39. The number of carbonyl (C=O) groups excluding carboxylic acids is 2. The normalized spacial score (nSPS) is 16.0. The minimum absolute atomic E-state index is 0.216. The van der Waals surface area contributed by atoms with E-state index >= 15 is 0 Å². The lowest BCUT2D eigenvalue weighted by Crippen LogP contribution is -2.34. The van der Waals surface area contributed by atoms with Crippen molar-refractivity contribution in [3.8, 4) is 11.5 Å². The number of benzene rings is 1. The average Bonchev–Trinajstić information content (AvgIpc) is 2.79. The van der Waals surface area contributed by atoms with E-state index in [1.165, 1.54) is 12.0 Å². The Morgan fingerprint density at radius 1 is 1.40 bits per heavy atom. The molecule has 0 spiro atoms. The van der Waals surface area contributed by atoms with Gasteiger partial charge < -0.3 is 14.6 Å². The molecule has 1 aromatic rings. The average molecular weight is 430 g/mol. The highest BCUT2D eigenvalue weighted by atomic mass is 79.9. The van der Waals surface area contributed by atoms with Crippen LogP contribution in [0.1, 0.15) is 19.4 Å². The first-order chi connectivity index (χ1) is 11.7. The van der Waals surface area contributed by atoms with E-state index in [0.717, 1.165) is 11.8 Å². The zero-order valence-corrected chi connectivity index (χ0v) is 16.1. The van der Waals surface area contributed by atoms with E-state index in [1.54, 1.807) is 32.1 Å². The van der Waals surface area contributed by atoms with Gasteiger partial charge in [0.15, 0.2) is 18.1 Å². The van der Waals surface area contributed by atoms with Gasteiger partial charge in [-0.2, -0.15) is 0 Å². The number of methoxy groups -OCH3 is 1. The van der Waals surface area contributed by atoms with E-state index in [9.17, 15) is 14.4 Å². The van der Waals surface area contributed by atoms with Gasteiger partial charge >= 0.3 is 5.97 Å². The summed E-state index contributed by atoms with van der Waals surface area (Å²) in [6, 6.07) is 3.04. The quantitative estimate of drug-likeness (QED) is 0.692. The highest BCUT2D eigenvalue weighted by Gasteiger charge is 2.36. The van der Waals surface area contributed by atoms with Gasteiger partial charge in [0.2, 0.25) is 0 Å². The topological polar surface area (TPSA) is 93.1 Å². The van der Waals surface area contributed by atoms with Crippen molar-refractivity contribution < 1.29 is 29.0 Å². The molecule has 9 heteroatoms. The van der Waals surface area contributed by atoms with Gasteiger partial charge in [-0.25, -0.2) is 4.79 Å². The van der Waals surface area contributed by atoms with Crippen LogP contribution < -0.4 is 9.47 Å². The van der Waals surface area contributed by atoms with Crippen molar-refractivity contribution in [1.29, 1.82) is 0 Å². The molecule has 1 saturated heterocycles. The van der Waals surface area contributed by atoms with Crippen LogP contribution in [0.2, 0.25) is 0 Å². The second-order valence-electron chi connectivity index (χ2n) is 5.36. The number of carboxylic acid groups (broad SMARTS) is 1. The predicted octanol–water partition coefficient (Wildman–Crippen LogP) is 3.37. The Morgan fingerprint density at radius 3 is 2.60 bits per heavy atom. The molecule has 1 aliphatic heterocycles. The van der Waals surface area contributed by atoms with E-state index in [-0.39, 0.29) is 22.9 Å². The molecule has 2 amide bonds. The Morgan fingerprint density at radius 2 is 2.08 bits per heavy atom. The Kier molecular flexibility index (Phi) is 6.12. The number of nitrogens with zero attached hydrogens (tertiary/aromatic N) is 1. The van der Waals surface area contributed by atoms with Crippen LogP contribution in [0.5, 0.6) is 11.5 Å². The lowest BCUT2D eigenvalue weighted by atomic mass is 10.1. The van der Waals surface area contributed by atoms with E-state index < -0.39 is 12.6 Å². The van der Waals surface area contributed by atoms with E-state index in [0.29, 0.717) is 20.7 Å². The van der Waals surface area contributed by atoms with Gasteiger partial charge in [-0.3, -0.25) is 14.5 Å². The first kappa shape index (κ1) is 19.3. The summed E-state index contributed by atoms with van der Waals surface area (Å²) < 4.78 is 10.9. The molecule has 1 heterocycles. The number of amides is 2. The van der Waals surface area contributed by atoms with Gasteiger partial charge in [0, 0.05) is 6.04 Å². The number of aliphatic carboxylic acids is 1. The van der Waals surface area contributed by atoms with Crippen LogP contribution in [0.25, 0.3) is 6.08 Å². The molecule has 1 fully saturated rings. The lowest BCUT2D eigenvalue weighted by Gasteiger charge is -2.16. The van der Waals surface area contributed by atoms with Crippen LogP contribution in [0.4, 0.5) is 4.79 Å². The van der Waals surface area contributed by atoms with Crippen LogP contribution in [0.15, 0.2) is 21.5 Å². The number of ether oxygens (including phenoxy) is 2. The molecule has 134 valence electrons. The fraction of sp³-hybridized carbons (Fsp3) is 0.312. The molecule has 7 nitrogen and oxygen atoms in total. The number of imide groups is 1. The first-order valence-corrected chi connectivity index (χ1v) is 8.84. The molecule has 0 saturated carbocycles. The third-order valence-corrected chi connectivity index (χ3v) is 4.70. The van der Waals surface area contributed by atoms with Crippen molar-refractivity contribution in [1.82, 2.24) is 4.90 Å². The second kappa shape index (κ2) is 7.92. The van der Waals surface area contributed by atoms with Crippen molar-refractivity contribution >= 4 is 50.9 Å². The molecule has 0 bridgehead atoms. The molecule has 1 aromatic carbocycles. The van der Waals surface area contributed by atoms with E-state index in [4.69, 9.17) is 14.6 Å². The van der Waals surface area contributed by atoms with E-state index in [1.807, 2.05) is 0 Å². The number of thioether (sulfide) groups is 1. The largest absolute Gasteiger partial charge is 0.493 e. The molecule has 25 heavy (non-hydrogen) atoms. The minimum Gasteiger partial charge on any atom is -0.493 e. The van der Waals surface area contributed by atoms with Gasteiger partial charge in [0.1, 0.15) is 0 Å². The molecule has 0 aromatic heterocycles. The molecule has 2 rings (SSSR count). The maximum Gasteiger partial charge on any atom is 0.341 e. The van der Waals surface area contributed by atoms with Gasteiger partial charge in [0.05, 0.1) is 16.5 Å². The molecular weight excluding hydrogens is 414 g/mol. The van der Waals surface area contributed by atoms with Crippen LogP contribution >= 0.6 is 27.7 Å². The van der Waals surface area contributed by atoms with Crippen molar-refractivity contribution in [2.75, 3.05) is 13.7 Å². The smallest absolute Gasteiger partial charge is 0.341 e. The number of carboxylic acids is 1. The summed E-state index contributed by atoms with van der Waals surface area (Å²) in [5, 5.41) is 8.42. The van der Waals surface area contributed by atoms with Crippen LogP contribution in [-0.2, 0) is 9.59 Å². The number of hydrogen-bond acceptors (Lipinski definition) is 6. The summed E-state index contributed by atoms with van der Waals surface area (Å²) in [4.78, 5) is 36.4. The zero-order chi connectivity index (χ0) is 18.7. The second-order valence-corrected chi connectivity index (χ2v) is 7.21. The SMILES string of the molecule is COc1cc(/C=C2/SC(=O)N(C(C)C)C2=O)cc(Br)c1OCC(=O)O. The van der Waals surface area contributed by atoms with Crippen molar-refractivity contribution in [2.45, 2.75) is 19.9 Å². The maximum absolute atomic E-state index is 12.3. The molecule has 0 unspecified atom stereocenters. The fourth-order valence-corrected chi connectivity index (χ4v) is 3.71. The predicted molar refractivity (Wildman–Crippen MR) is 96.8 cm³/mol. The number of rotatable bonds is 6. The molecular formula is C16H16BrNO6S. The third kappa shape index (κ3) is 4.35. The third-order valence-electron chi connectivity index (χ3n) is 3.23. The van der Waals surface area contributed by atoms with Crippen molar-refractivity contribution in [3.05, 3.63) is 27.1 Å². The molecule has 0 aliphatic carbocycles. The van der Waals surface area contributed by atoms with Crippen molar-refractivity contribution in [3.63, 3.8) is 0 Å². The molecule has 1 aliphatic rings. The Labute approximate surface area is 157 Å². The van der Waals surface area contributed by atoms with Gasteiger partial charge in [-0.15, -0.1) is 0 Å². The van der Waals surface area contributed by atoms with Gasteiger partial charge in [-0.1, -0.05) is 0 Å². The maximum atomic E-state index is 12.3. The molecule has 0 atom stereocenters. The standard InChI is InChI=1S/C16H16BrNO6S/c1-8(2)18-15(21)12(25-16(18)22)6-9-4-10(17)14(11(5-9)23-3)24-7-13(19)20/h4-6,8H,7H2,1-3H3,(H,19,20)/b12-6+. The Balaban J connectivity index is 2.35. The van der Waals surface area contributed by atoms with Gasteiger partial charge in [0.25, 0.3) is 11.1 Å². The first-order valence-electron chi connectivity index (χ1n) is 7.23. The molecule has 0 radical (unpaired) electrons. The Hall–Kier alpha value is -2.00. The number of halogens is 1. The summed E-state index contributed by atoms with van der Waals surface area (Å²) in [6.45, 7) is 3.03. The lowest BCUT2D eigenvalue weighted by molar-refractivity contribution is -0.139. The number of hydrogen-bond donors (Lipinski definition) is 1. The van der Waals surface area contributed by atoms with Crippen LogP contribution in [-0.4, -0.2) is 46.9 Å². The fourth-order valence-electron chi connectivity index (χ4n) is 2.17. The summed E-state index contributed by atoms with van der Waals surface area (Å²) in [6.07, 6.45) is 1.58. The van der Waals surface area contributed by atoms with Crippen LogP contribution in [0.3, 0.4) is 0 Å². The Bertz CT molecular complexity index is 761. The summed E-state index contributed by atoms with van der Waals surface area (Å²) in [5.74, 6) is -0.894. The van der Waals surface area contributed by atoms with Crippen LogP contribution in [0, 0.1) is 0 Å². The summed E-state index contributed by atoms with van der Waals surface area (Å²) >= 11 is 4.18. The minimum atomic E-state index is -1.11. The van der Waals surface area contributed by atoms with Gasteiger partial charge in [-0.05, 0) is 65.3 Å². The summed E-state index contributed by atoms with van der Waals surface area (Å²) in [7, 11) is 1.42. The zero-order valence-electron chi connectivity index (χ0n) is 13.7. The molecule has 1 N–H and O–H groups in total. The monoisotopic (exact) mass is 429 g/mol.